The first kappa shape index (κ1) is 21.2. The minimum atomic E-state index is -3.20. The smallest absolute Gasteiger partial charge is 0.227 e. The number of benzene rings is 2. The molecule has 6 nitrogen and oxygen atoms in total. The minimum absolute atomic E-state index is 0.0530. The van der Waals surface area contributed by atoms with Gasteiger partial charge in [-0.1, -0.05) is 49.4 Å². The van der Waals surface area contributed by atoms with E-state index in [1.54, 1.807) is 10.7 Å². The van der Waals surface area contributed by atoms with Crippen LogP contribution in [0.25, 0.3) is 11.1 Å². The van der Waals surface area contributed by atoms with Crippen molar-refractivity contribution in [1.82, 2.24) is 9.78 Å². The Bertz CT molecular complexity index is 1240. The van der Waals surface area contributed by atoms with Gasteiger partial charge in [0.1, 0.15) is 21.5 Å². The first-order valence-corrected chi connectivity index (χ1v) is 12.2. The van der Waals surface area contributed by atoms with Crippen LogP contribution in [0.1, 0.15) is 36.1 Å². The molecule has 1 atom stereocenters. The number of halogens is 1. The number of sulfone groups is 1. The lowest BCUT2D eigenvalue weighted by atomic mass is 9.92. The molecule has 1 aromatic heterocycles. The molecule has 162 valence electrons. The molecule has 0 aliphatic carbocycles. The highest BCUT2D eigenvalue weighted by molar-refractivity contribution is 7.90. The van der Waals surface area contributed by atoms with Crippen LogP contribution in [0.2, 0.25) is 0 Å². The molecular weight excluding hydrogens is 417 g/mol. The van der Waals surface area contributed by atoms with Crippen molar-refractivity contribution < 1.29 is 17.6 Å². The average molecular weight is 442 g/mol. The molecule has 1 unspecified atom stereocenters. The van der Waals surface area contributed by atoms with Gasteiger partial charge in [-0.25, -0.2) is 17.5 Å². The van der Waals surface area contributed by atoms with E-state index in [-0.39, 0.29) is 29.8 Å². The molecule has 31 heavy (non-hydrogen) atoms. The summed E-state index contributed by atoms with van der Waals surface area (Å²) in [6.45, 7) is 2.35. The van der Waals surface area contributed by atoms with Crippen molar-refractivity contribution in [2.24, 2.45) is 0 Å². The molecule has 3 aromatic rings. The van der Waals surface area contributed by atoms with Crippen molar-refractivity contribution in [3.05, 3.63) is 71.2 Å². The summed E-state index contributed by atoms with van der Waals surface area (Å²) < 4.78 is 40.2. The molecule has 2 heterocycles. The van der Waals surface area contributed by atoms with Gasteiger partial charge in [0.2, 0.25) is 5.91 Å². The van der Waals surface area contributed by atoms with Crippen molar-refractivity contribution in [2.75, 3.05) is 17.3 Å². The maximum atomic E-state index is 14.9. The maximum Gasteiger partial charge on any atom is 0.227 e. The Morgan fingerprint density at radius 2 is 1.94 bits per heavy atom. The molecule has 1 aliphatic heterocycles. The Kier molecular flexibility index (Phi) is 5.66. The van der Waals surface area contributed by atoms with Crippen molar-refractivity contribution >= 4 is 21.6 Å². The van der Waals surface area contributed by atoms with E-state index < -0.39 is 9.84 Å². The fourth-order valence-electron chi connectivity index (χ4n) is 3.91. The van der Waals surface area contributed by atoms with Gasteiger partial charge in [0.15, 0.2) is 0 Å². The van der Waals surface area contributed by atoms with Crippen LogP contribution in [0.4, 0.5) is 10.2 Å². The highest BCUT2D eigenvalue weighted by Crippen LogP contribution is 2.34. The zero-order valence-corrected chi connectivity index (χ0v) is 18.2. The summed E-state index contributed by atoms with van der Waals surface area (Å²) in [6.07, 6.45) is 1.73. The second kappa shape index (κ2) is 8.26. The van der Waals surface area contributed by atoms with Crippen LogP contribution in [0, 0.1) is 5.82 Å². The van der Waals surface area contributed by atoms with E-state index in [1.165, 1.54) is 12.3 Å². The Balaban J connectivity index is 1.72. The predicted octanol–water partition coefficient (Wildman–Crippen LogP) is 3.77. The molecule has 0 bridgehead atoms. The number of anilines is 1. The summed E-state index contributed by atoms with van der Waals surface area (Å²) >= 11 is 0. The second-order valence-corrected chi connectivity index (χ2v) is 10.2. The zero-order chi connectivity index (χ0) is 22.2. The van der Waals surface area contributed by atoms with Crippen LogP contribution in [0.5, 0.6) is 0 Å². The van der Waals surface area contributed by atoms with Crippen molar-refractivity contribution in [3.8, 4) is 11.1 Å². The van der Waals surface area contributed by atoms with Gasteiger partial charge >= 0.3 is 0 Å². The first-order chi connectivity index (χ1) is 14.7. The topological polar surface area (TPSA) is 81.1 Å². The van der Waals surface area contributed by atoms with Gasteiger partial charge in [0, 0.05) is 29.7 Å². The molecule has 0 saturated carbocycles. The fourth-order valence-corrected chi connectivity index (χ4v) is 4.49. The van der Waals surface area contributed by atoms with Gasteiger partial charge in [-0.2, -0.15) is 5.10 Å². The van der Waals surface area contributed by atoms with Gasteiger partial charge < -0.3 is 5.32 Å². The van der Waals surface area contributed by atoms with E-state index in [1.807, 2.05) is 43.3 Å². The van der Waals surface area contributed by atoms with Crippen LogP contribution in [-0.4, -0.2) is 36.1 Å². The Morgan fingerprint density at radius 1 is 1.19 bits per heavy atom. The number of rotatable bonds is 6. The van der Waals surface area contributed by atoms with E-state index in [2.05, 4.69) is 10.4 Å². The van der Waals surface area contributed by atoms with Crippen molar-refractivity contribution in [3.63, 3.8) is 0 Å². The number of hydrogen-bond acceptors (Lipinski definition) is 4. The average Bonchev–Trinajstić information content (AvgIpc) is 3.09. The Morgan fingerprint density at radius 3 is 2.61 bits per heavy atom. The number of fused-ring (bicyclic) bond motifs is 1. The SMILES string of the molecule is CC(c1ccc(-c2ccccc2)c(F)c1)c1nn2c(c1CCS(C)(=O)=O)NC(=O)CC2. The number of amides is 1. The monoisotopic (exact) mass is 441 g/mol. The predicted molar refractivity (Wildman–Crippen MR) is 118 cm³/mol. The third kappa shape index (κ3) is 4.54. The van der Waals surface area contributed by atoms with Crippen molar-refractivity contribution in [2.45, 2.75) is 32.2 Å². The minimum Gasteiger partial charge on any atom is -0.311 e. The van der Waals surface area contributed by atoms with E-state index >= 15 is 0 Å². The second-order valence-electron chi connectivity index (χ2n) is 7.94. The number of aryl methyl sites for hydroxylation is 1. The van der Waals surface area contributed by atoms with Gasteiger partial charge in [-0.05, 0) is 23.6 Å². The van der Waals surface area contributed by atoms with Crippen LogP contribution >= 0.6 is 0 Å². The number of carbonyl (C=O) groups is 1. The molecule has 0 spiro atoms. The third-order valence-electron chi connectivity index (χ3n) is 5.60. The molecule has 1 N–H and O–H groups in total. The highest BCUT2D eigenvalue weighted by atomic mass is 32.2. The van der Waals surface area contributed by atoms with Crippen LogP contribution in [-0.2, 0) is 27.6 Å². The number of aromatic nitrogens is 2. The van der Waals surface area contributed by atoms with Gasteiger partial charge in [-0.15, -0.1) is 0 Å². The summed E-state index contributed by atoms with van der Waals surface area (Å²) in [5.41, 5.74) is 3.41. The van der Waals surface area contributed by atoms with Crippen LogP contribution in [0.3, 0.4) is 0 Å². The fraction of sp³-hybridized carbons (Fsp3) is 0.304. The lowest BCUT2D eigenvalue weighted by Gasteiger charge is -2.16. The largest absolute Gasteiger partial charge is 0.311 e. The summed E-state index contributed by atoms with van der Waals surface area (Å²) in [6, 6.07) is 14.5. The van der Waals surface area contributed by atoms with Gasteiger partial charge in [0.05, 0.1) is 18.0 Å². The molecule has 1 amide bonds. The summed E-state index contributed by atoms with van der Waals surface area (Å²) in [5, 5.41) is 7.48. The molecule has 4 rings (SSSR count). The Hall–Kier alpha value is -3.00. The van der Waals surface area contributed by atoms with Crippen molar-refractivity contribution in [1.29, 1.82) is 0 Å². The first-order valence-electron chi connectivity index (χ1n) is 10.1. The van der Waals surface area contributed by atoms with E-state index in [0.29, 0.717) is 35.6 Å². The van der Waals surface area contributed by atoms with E-state index in [4.69, 9.17) is 0 Å². The van der Waals surface area contributed by atoms with Gasteiger partial charge in [-0.3, -0.25) is 4.79 Å². The number of carbonyl (C=O) groups excluding carboxylic acids is 1. The lowest BCUT2D eigenvalue weighted by Crippen LogP contribution is -2.24. The standard InChI is InChI=1S/C23H24FN3O3S/c1-15(17-8-9-18(20(24)14-17)16-6-4-3-5-7-16)22-19(11-13-31(2,29)30)23-25-21(28)10-12-27(23)26-22/h3-9,14-15H,10-13H2,1-2H3,(H,25,28). The molecule has 1 aliphatic rings. The van der Waals surface area contributed by atoms with E-state index in [9.17, 15) is 17.6 Å². The molecular formula is C23H24FN3O3S. The normalized spacial score (nSPS) is 14.7. The summed E-state index contributed by atoms with van der Waals surface area (Å²) in [7, 11) is -3.20. The molecule has 0 radical (unpaired) electrons. The maximum absolute atomic E-state index is 14.9. The number of hydrogen-bond donors (Lipinski definition) is 1. The van der Waals surface area contributed by atoms with Gasteiger partial charge in [0.25, 0.3) is 0 Å². The highest BCUT2D eigenvalue weighted by Gasteiger charge is 2.27. The van der Waals surface area contributed by atoms with E-state index in [0.717, 1.165) is 11.1 Å². The molecule has 8 heteroatoms. The number of nitrogens with one attached hydrogen (secondary N) is 1. The molecule has 0 saturated heterocycles. The van der Waals surface area contributed by atoms with Crippen LogP contribution < -0.4 is 5.32 Å². The molecule has 2 aromatic carbocycles. The third-order valence-corrected chi connectivity index (χ3v) is 6.55. The lowest BCUT2D eigenvalue weighted by molar-refractivity contribution is -0.116. The Labute approximate surface area is 181 Å². The molecule has 0 fully saturated rings. The summed E-state index contributed by atoms with van der Waals surface area (Å²) in [5.74, 6) is -0.231. The number of nitrogens with zero attached hydrogens (tertiary/aromatic N) is 2. The van der Waals surface area contributed by atoms with Crippen LogP contribution in [0.15, 0.2) is 48.5 Å². The zero-order valence-electron chi connectivity index (χ0n) is 17.4. The summed E-state index contributed by atoms with van der Waals surface area (Å²) in [4.78, 5) is 11.9. The quantitative estimate of drug-likeness (QED) is 0.631.